The topological polar surface area (TPSA) is 72.7 Å². The zero-order valence-electron chi connectivity index (χ0n) is 17.1. The van der Waals surface area contributed by atoms with Crippen molar-refractivity contribution < 1.29 is 9.53 Å². The molecule has 32 heavy (non-hydrogen) atoms. The number of thiazole rings is 1. The highest BCUT2D eigenvalue weighted by molar-refractivity contribution is 7.17. The van der Waals surface area contributed by atoms with E-state index in [4.69, 9.17) is 16.3 Å². The molecule has 0 saturated carbocycles. The van der Waals surface area contributed by atoms with Crippen LogP contribution >= 0.6 is 22.9 Å². The molecule has 1 amide bonds. The first-order valence-electron chi connectivity index (χ1n) is 10.4. The van der Waals surface area contributed by atoms with Crippen LogP contribution in [-0.4, -0.2) is 15.3 Å². The molecule has 1 aliphatic rings. The van der Waals surface area contributed by atoms with E-state index in [9.17, 15) is 9.59 Å². The molecule has 1 N–H and O–H groups in total. The summed E-state index contributed by atoms with van der Waals surface area (Å²) in [5.74, 6) is 0.342. The zero-order chi connectivity index (χ0) is 22.1. The third-order valence-corrected chi connectivity index (χ3v) is 6.90. The molecule has 2 aromatic carbocycles. The van der Waals surface area contributed by atoms with Gasteiger partial charge in [-0.05, 0) is 62.1 Å². The van der Waals surface area contributed by atoms with E-state index in [0.29, 0.717) is 27.7 Å². The predicted octanol–water partition coefficient (Wildman–Crippen LogP) is 5.12. The van der Waals surface area contributed by atoms with Gasteiger partial charge in [-0.15, -0.1) is 11.3 Å². The molecule has 162 valence electrons. The van der Waals surface area contributed by atoms with Gasteiger partial charge in [0.2, 0.25) is 0 Å². The minimum atomic E-state index is -0.277. The summed E-state index contributed by atoms with van der Waals surface area (Å²) in [6.45, 7) is 0.194. The molecular formula is C24H20ClN3O3S. The smallest absolute Gasteiger partial charge is 0.259 e. The number of halogens is 1. The van der Waals surface area contributed by atoms with Gasteiger partial charge in [-0.3, -0.25) is 14.0 Å². The van der Waals surface area contributed by atoms with Crippen molar-refractivity contribution in [2.45, 2.75) is 32.3 Å². The van der Waals surface area contributed by atoms with Gasteiger partial charge in [-0.1, -0.05) is 23.7 Å². The van der Waals surface area contributed by atoms with Crippen LogP contribution in [0.25, 0.3) is 4.96 Å². The predicted molar refractivity (Wildman–Crippen MR) is 126 cm³/mol. The number of rotatable bonds is 5. The van der Waals surface area contributed by atoms with Crippen molar-refractivity contribution in [2.75, 3.05) is 5.32 Å². The van der Waals surface area contributed by atoms with E-state index in [2.05, 4.69) is 10.3 Å². The fraction of sp³-hybridized carbons (Fsp3) is 0.208. The van der Waals surface area contributed by atoms with Crippen molar-refractivity contribution in [1.82, 2.24) is 9.38 Å². The summed E-state index contributed by atoms with van der Waals surface area (Å²) in [5, 5.41) is 3.22. The van der Waals surface area contributed by atoms with Crippen LogP contribution in [0, 0.1) is 0 Å². The number of aryl methyl sites for hydroxylation is 2. The average molecular weight is 466 g/mol. The molecule has 0 aliphatic heterocycles. The summed E-state index contributed by atoms with van der Waals surface area (Å²) in [5.41, 5.74) is 2.72. The van der Waals surface area contributed by atoms with Crippen molar-refractivity contribution in [2.24, 2.45) is 0 Å². The summed E-state index contributed by atoms with van der Waals surface area (Å²) in [6, 6.07) is 15.5. The van der Waals surface area contributed by atoms with Crippen molar-refractivity contribution in [3.05, 3.63) is 91.8 Å². The van der Waals surface area contributed by atoms with Gasteiger partial charge < -0.3 is 10.1 Å². The molecule has 6 nitrogen and oxygen atoms in total. The number of benzene rings is 2. The summed E-state index contributed by atoms with van der Waals surface area (Å²) in [7, 11) is 0. The van der Waals surface area contributed by atoms with E-state index in [1.165, 1.54) is 11.3 Å². The largest absolute Gasteiger partial charge is 0.487 e. The Hall–Kier alpha value is -3.16. The van der Waals surface area contributed by atoms with Crippen LogP contribution in [0.3, 0.4) is 0 Å². The van der Waals surface area contributed by atoms with E-state index >= 15 is 0 Å². The number of nitrogens with one attached hydrogen (secondary N) is 1. The van der Waals surface area contributed by atoms with E-state index in [1.807, 2.05) is 0 Å². The summed E-state index contributed by atoms with van der Waals surface area (Å²) >= 11 is 7.68. The number of anilines is 1. The Kier molecular flexibility index (Phi) is 5.68. The van der Waals surface area contributed by atoms with Gasteiger partial charge >= 0.3 is 0 Å². The normalized spacial score (nSPS) is 13.0. The number of amides is 1. The number of aromatic nitrogens is 2. The van der Waals surface area contributed by atoms with Gasteiger partial charge in [0, 0.05) is 22.3 Å². The number of carbonyl (C=O) groups is 1. The molecule has 8 heteroatoms. The lowest BCUT2D eigenvalue weighted by atomic mass is 10.0. The Morgan fingerprint density at radius 2 is 1.91 bits per heavy atom. The van der Waals surface area contributed by atoms with Crippen molar-refractivity contribution >= 4 is 39.5 Å². The number of hydrogen-bond acceptors (Lipinski definition) is 5. The first-order valence-corrected chi connectivity index (χ1v) is 11.6. The minimum Gasteiger partial charge on any atom is -0.487 e. The molecule has 4 aromatic rings. The molecular weight excluding hydrogens is 446 g/mol. The third-order valence-electron chi connectivity index (χ3n) is 5.43. The molecule has 0 atom stereocenters. The first-order chi connectivity index (χ1) is 15.6. The Balaban J connectivity index is 1.26. The van der Waals surface area contributed by atoms with Crippen LogP contribution in [0.1, 0.15) is 39.5 Å². The Morgan fingerprint density at radius 3 is 2.72 bits per heavy atom. The Bertz CT molecular complexity index is 1360. The lowest BCUT2D eigenvalue weighted by molar-refractivity contribution is 0.102. The highest BCUT2D eigenvalue weighted by Crippen LogP contribution is 2.28. The standard InChI is InChI=1S/C24H20ClN3O3S/c25-19-6-2-1-5-18(19)23(30)26-15-9-11-17(12-10-15)31-14-16-13-22(29)28-20-7-3-4-8-21(20)32-24(28)27-16/h1-2,5-6,9-13H,3-4,7-8,14H2,(H,26,30). The number of carbonyl (C=O) groups excluding carboxylic acids is 1. The third kappa shape index (κ3) is 4.13. The second-order valence-corrected chi connectivity index (χ2v) is 9.10. The molecule has 0 spiro atoms. The van der Waals surface area contributed by atoms with Crippen LogP contribution in [0.4, 0.5) is 5.69 Å². The van der Waals surface area contributed by atoms with Crippen molar-refractivity contribution in [3.8, 4) is 5.75 Å². The second kappa shape index (κ2) is 8.76. The van der Waals surface area contributed by atoms with E-state index in [0.717, 1.165) is 29.9 Å². The van der Waals surface area contributed by atoms with Crippen molar-refractivity contribution in [3.63, 3.8) is 0 Å². The van der Waals surface area contributed by atoms with Crippen LogP contribution in [0.5, 0.6) is 5.75 Å². The second-order valence-electron chi connectivity index (χ2n) is 7.63. The molecule has 0 radical (unpaired) electrons. The van der Waals surface area contributed by atoms with Gasteiger partial charge in [0.25, 0.3) is 11.5 Å². The monoisotopic (exact) mass is 465 g/mol. The summed E-state index contributed by atoms with van der Waals surface area (Å²) in [4.78, 5) is 31.7. The quantitative estimate of drug-likeness (QED) is 0.444. The molecule has 0 unspecified atom stereocenters. The maximum Gasteiger partial charge on any atom is 0.259 e. The van der Waals surface area contributed by atoms with Crippen LogP contribution in [0.15, 0.2) is 59.4 Å². The van der Waals surface area contributed by atoms with Gasteiger partial charge in [0.1, 0.15) is 12.4 Å². The zero-order valence-corrected chi connectivity index (χ0v) is 18.7. The van der Waals surface area contributed by atoms with Crippen molar-refractivity contribution in [1.29, 1.82) is 0 Å². The van der Waals surface area contributed by atoms with Crippen LogP contribution in [0.2, 0.25) is 5.02 Å². The van der Waals surface area contributed by atoms with Gasteiger partial charge in [-0.25, -0.2) is 4.98 Å². The maximum absolute atomic E-state index is 12.7. The summed E-state index contributed by atoms with van der Waals surface area (Å²) < 4.78 is 7.57. The highest BCUT2D eigenvalue weighted by atomic mass is 35.5. The van der Waals surface area contributed by atoms with Gasteiger partial charge in [0.15, 0.2) is 4.96 Å². The number of hydrogen-bond donors (Lipinski definition) is 1. The SMILES string of the molecule is O=C(Nc1ccc(OCc2cc(=O)n3c4c(sc3n2)CCCC4)cc1)c1ccccc1Cl. The molecule has 2 heterocycles. The van der Waals surface area contributed by atoms with Crippen LogP contribution < -0.4 is 15.6 Å². The van der Waals surface area contributed by atoms with E-state index in [-0.39, 0.29) is 18.1 Å². The highest BCUT2D eigenvalue weighted by Gasteiger charge is 2.18. The maximum atomic E-state index is 12.7. The number of fused-ring (bicyclic) bond motifs is 3. The Morgan fingerprint density at radius 1 is 1.12 bits per heavy atom. The molecule has 0 fully saturated rings. The average Bonchev–Trinajstić information content (AvgIpc) is 3.18. The van der Waals surface area contributed by atoms with Gasteiger partial charge in [-0.2, -0.15) is 0 Å². The number of ether oxygens (including phenoxy) is 1. The van der Waals surface area contributed by atoms with E-state index in [1.54, 1.807) is 70.3 Å². The van der Waals surface area contributed by atoms with Crippen LogP contribution in [-0.2, 0) is 19.4 Å². The molecule has 2 aromatic heterocycles. The minimum absolute atomic E-state index is 0.0503. The fourth-order valence-corrected chi connectivity index (χ4v) is 5.31. The molecule has 1 aliphatic carbocycles. The lowest BCUT2D eigenvalue weighted by Gasteiger charge is -2.10. The first kappa shape index (κ1) is 20.7. The molecule has 0 bridgehead atoms. The lowest BCUT2D eigenvalue weighted by Crippen LogP contribution is -2.18. The van der Waals surface area contributed by atoms with Gasteiger partial charge in [0.05, 0.1) is 16.3 Å². The Labute approximate surface area is 193 Å². The summed E-state index contributed by atoms with van der Waals surface area (Å²) in [6.07, 6.45) is 4.24. The fourth-order valence-electron chi connectivity index (χ4n) is 3.85. The molecule has 5 rings (SSSR count). The molecule has 0 saturated heterocycles. The van der Waals surface area contributed by atoms with E-state index < -0.39 is 0 Å². The number of nitrogens with zero attached hydrogens (tertiary/aromatic N) is 2.